The van der Waals surface area contributed by atoms with Crippen molar-refractivity contribution in [2.75, 3.05) is 43.5 Å². The molecule has 2 aromatic rings. The second-order valence-corrected chi connectivity index (χ2v) is 6.87. The van der Waals surface area contributed by atoms with Gasteiger partial charge in [0.1, 0.15) is 5.75 Å². The van der Waals surface area contributed by atoms with Crippen LogP contribution in [0.25, 0.3) is 0 Å². The highest BCUT2D eigenvalue weighted by Gasteiger charge is 2.25. The Morgan fingerprint density at radius 2 is 1.81 bits per heavy atom. The minimum absolute atomic E-state index is 0.0361. The first kappa shape index (κ1) is 17.4. The van der Waals surface area contributed by atoms with Crippen LogP contribution in [0, 0.1) is 0 Å². The lowest BCUT2D eigenvalue weighted by Gasteiger charge is -2.36. The van der Waals surface area contributed by atoms with Crippen molar-refractivity contribution in [3.8, 4) is 5.75 Å². The maximum Gasteiger partial charge on any atom is 0.253 e. The molecule has 0 unspecified atom stereocenters. The molecule has 0 bridgehead atoms. The van der Waals surface area contributed by atoms with Crippen molar-refractivity contribution in [1.82, 2.24) is 4.90 Å². The minimum atomic E-state index is 0.0361. The number of fused-ring (bicyclic) bond motifs is 1. The summed E-state index contributed by atoms with van der Waals surface area (Å²) in [5.74, 6) is 0.942. The zero-order chi connectivity index (χ0) is 18.8. The molecule has 0 atom stereocenters. The predicted molar refractivity (Wildman–Crippen MR) is 105 cm³/mol. The summed E-state index contributed by atoms with van der Waals surface area (Å²) in [6.07, 6.45) is 1.16. The standard InChI is InChI=1S/C21H23N3O3/c1-27-19-5-3-2-4-18(19)23-10-12-24(13-11-23)21(26)16-6-8-17-15(14-16)7-9-20(25)22-17/h2-6,8,14H,7,9-13H2,1H3,(H,22,25). The summed E-state index contributed by atoms with van der Waals surface area (Å²) in [7, 11) is 1.68. The van der Waals surface area contributed by atoms with Crippen molar-refractivity contribution in [3.05, 3.63) is 53.6 Å². The van der Waals surface area contributed by atoms with Crippen molar-refractivity contribution < 1.29 is 14.3 Å². The lowest BCUT2D eigenvalue weighted by atomic mass is 10.00. The number of carbonyl (C=O) groups is 2. The van der Waals surface area contributed by atoms with Crippen LogP contribution in [0.1, 0.15) is 22.3 Å². The molecule has 1 saturated heterocycles. The van der Waals surface area contributed by atoms with E-state index in [1.165, 1.54) is 0 Å². The van der Waals surface area contributed by atoms with Gasteiger partial charge in [-0.15, -0.1) is 0 Å². The van der Waals surface area contributed by atoms with Gasteiger partial charge in [-0.2, -0.15) is 0 Å². The van der Waals surface area contributed by atoms with Gasteiger partial charge < -0.3 is 19.9 Å². The summed E-state index contributed by atoms with van der Waals surface area (Å²) in [5, 5.41) is 2.86. The Kier molecular flexibility index (Phi) is 4.71. The van der Waals surface area contributed by atoms with Gasteiger partial charge in [0, 0.05) is 43.9 Å². The third-order valence-electron chi connectivity index (χ3n) is 5.24. The first-order chi connectivity index (χ1) is 13.2. The number of para-hydroxylation sites is 2. The van der Waals surface area contributed by atoms with E-state index in [-0.39, 0.29) is 11.8 Å². The fourth-order valence-corrected chi connectivity index (χ4v) is 3.74. The Hall–Kier alpha value is -3.02. The molecule has 0 spiro atoms. The summed E-state index contributed by atoms with van der Waals surface area (Å²) in [6, 6.07) is 13.5. The van der Waals surface area contributed by atoms with E-state index < -0.39 is 0 Å². The fraction of sp³-hybridized carbons (Fsp3) is 0.333. The van der Waals surface area contributed by atoms with E-state index >= 15 is 0 Å². The maximum absolute atomic E-state index is 12.9. The van der Waals surface area contributed by atoms with Crippen LogP contribution >= 0.6 is 0 Å². The topological polar surface area (TPSA) is 61.9 Å². The maximum atomic E-state index is 12.9. The van der Waals surface area contributed by atoms with E-state index in [1.807, 2.05) is 41.3 Å². The molecule has 0 radical (unpaired) electrons. The van der Waals surface area contributed by atoms with Gasteiger partial charge in [0.15, 0.2) is 0 Å². The minimum Gasteiger partial charge on any atom is -0.495 e. The normalized spacial score (nSPS) is 16.6. The zero-order valence-corrected chi connectivity index (χ0v) is 15.4. The molecule has 0 aromatic heterocycles. The number of hydrogen-bond acceptors (Lipinski definition) is 4. The smallest absolute Gasteiger partial charge is 0.253 e. The van der Waals surface area contributed by atoms with Crippen molar-refractivity contribution >= 4 is 23.2 Å². The number of piperazine rings is 1. The largest absolute Gasteiger partial charge is 0.495 e. The van der Waals surface area contributed by atoms with E-state index in [1.54, 1.807) is 13.2 Å². The van der Waals surface area contributed by atoms with Crippen LogP contribution in [0.15, 0.2) is 42.5 Å². The quantitative estimate of drug-likeness (QED) is 0.908. The Balaban J connectivity index is 1.44. The lowest BCUT2D eigenvalue weighted by Crippen LogP contribution is -2.48. The third kappa shape index (κ3) is 3.47. The average molecular weight is 365 g/mol. The van der Waals surface area contributed by atoms with E-state index in [2.05, 4.69) is 10.2 Å². The lowest BCUT2D eigenvalue weighted by molar-refractivity contribution is -0.116. The van der Waals surface area contributed by atoms with Gasteiger partial charge in [-0.05, 0) is 42.3 Å². The van der Waals surface area contributed by atoms with Crippen LogP contribution in [0.2, 0.25) is 0 Å². The molecule has 2 aliphatic rings. The van der Waals surface area contributed by atoms with E-state index in [0.29, 0.717) is 31.5 Å². The number of carbonyl (C=O) groups excluding carboxylic acids is 2. The highest BCUT2D eigenvalue weighted by Crippen LogP contribution is 2.29. The molecule has 6 nitrogen and oxygen atoms in total. The molecule has 4 rings (SSSR count). The molecule has 2 heterocycles. The van der Waals surface area contributed by atoms with E-state index in [4.69, 9.17) is 4.74 Å². The van der Waals surface area contributed by atoms with Crippen molar-refractivity contribution in [3.63, 3.8) is 0 Å². The number of rotatable bonds is 3. The fourth-order valence-electron chi connectivity index (χ4n) is 3.74. The summed E-state index contributed by atoms with van der Waals surface area (Å²) in [5.41, 5.74) is 3.61. The van der Waals surface area contributed by atoms with Gasteiger partial charge in [-0.1, -0.05) is 12.1 Å². The molecule has 2 aromatic carbocycles. The van der Waals surface area contributed by atoms with Crippen LogP contribution in [-0.2, 0) is 11.2 Å². The van der Waals surface area contributed by atoms with Gasteiger partial charge >= 0.3 is 0 Å². The van der Waals surface area contributed by atoms with Gasteiger partial charge in [0.25, 0.3) is 5.91 Å². The van der Waals surface area contributed by atoms with Gasteiger partial charge in [-0.3, -0.25) is 9.59 Å². The summed E-state index contributed by atoms with van der Waals surface area (Å²) in [4.78, 5) is 28.5. The third-order valence-corrected chi connectivity index (χ3v) is 5.24. The van der Waals surface area contributed by atoms with Crippen LogP contribution < -0.4 is 15.0 Å². The van der Waals surface area contributed by atoms with Gasteiger partial charge in [0.05, 0.1) is 12.8 Å². The highest BCUT2D eigenvalue weighted by molar-refractivity contribution is 5.98. The zero-order valence-electron chi connectivity index (χ0n) is 15.4. The molecular formula is C21H23N3O3. The van der Waals surface area contributed by atoms with Crippen LogP contribution in [0.4, 0.5) is 11.4 Å². The van der Waals surface area contributed by atoms with Crippen molar-refractivity contribution in [2.45, 2.75) is 12.8 Å². The number of hydrogen-bond donors (Lipinski definition) is 1. The number of methoxy groups -OCH3 is 1. The van der Waals surface area contributed by atoms with Crippen molar-refractivity contribution in [2.24, 2.45) is 0 Å². The molecule has 0 saturated carbocycles. The number of ether oxygens (including phenoxy) is 1. The molecule has 2 amide bonds. The van der Waals surface area contributed by atoms with Gasteiger partial charge in [0.2, 0.25) is 5.91 Å². The number of aryl methyl sites for hydroxylation is 1. The molecule has 1 fully saturated rings. The number of nitrogens with zero attached hydrogens (tertiary/aromatic N) is 2. The first-order valence-electron chi connectivity index (χ1n) is 9.26. The Morgan fingerprint density at radius 1 is 1.04 bits per heavy atom. The van der Waals surface area contributed by atoms with Crippen LogP contribution in [0.3, 0.4) is 0 Å². The molecule has 140 valence electrons. The highest BCUT2D eigenvalue weighted by atomic mass is 16.5. The number of nitrogens with one attached hydrogen (secondary N) is 1. The monoisotopic (exact) mass is 365 g/mol. The first-order valence-corrected chi connectivity index (χ1v) is 9.26. The van der Waals surface area contributed by atoms with Crippen LogP contribution in [-0.4, -0.2) is 50.0 Å². The molecule has 1 N–H and O–H groups in total. The van der Waals surface area contributed by atoms with Gasteiger partial charge in [-0.25, -0.2) is 0 Å². The number of benzene rings is 2. The predicted octanol–water partition coefficient (Wildman–Crippen LogP) is 2.54. The summed E-state index contributed by atoms with van der Waals surface area (Å²) >= 11 is 0. The Bertz CT molecular complexity index is 873. The molecule has 6 heteroatoms. The van der Waals surface area contributed by atoms with E-state index in [0.717, 1.165) is 35.8 Å². The summed E-state index contributed by atoms with van der Waals surface area (Å²) in [6.45, 7) is 2.88. The second-order valence-electron chi connectivity index (χ2n) is 6.87. The second kappa shape index (κ2) is 7.31. The van der Waals surface area contributed by atoms with Crippen molar-refractivity contribution in [1.29, 1.82) is 0 Å². The molecule has 2 aliphatic heterocycles. The number of anilines is 2. The Labute approximate surface area is 158 Å². The SMILES string of the molecule is COc1ccccc1N1CCN(C(=O)c2ccc3c(c2)CCC(=O)N3)CC1. The molecule has 27 heavy (non-hydrogen) atoms. The summed E-state index contributed by atoms with van der Waals surface area (Å²) < 4.78 is 5.45. The molecular weight excluding hydrogens is 342 g/mol. The average Bonchev–Trinajstić information content (AvgIpc) is 2.73. The van der Waals surface area contributed by atoms with E-state index in [9.17, 15) is 9.59 Å². The Morgan fingerprint density at radius 3 is 2.59 bits per heavy atom. The van der Waals surface area contributed by atoms with Crippen LogP contribution in [0.5, 0.6) is 5.75 Å². The number of amides is 2. The molecule has 0 aliphatic carbocycles.